The van der Waals surface area contributed by atoms with Crippen molar-refractivity contribution >= 4 is 17.7 Å². The lowest BCUT2D eigenvalue weighted by molar-refractivity contribution is 0.1000. The van der Waals surface area contributed by atoms with Crippen LogP contribution in [-0.4, -0.2) is 23.5 Å². The first-order valence-corrected chi connectivity index (χ1v) is 8.13. The van der Waals surface area contributed by atoms with E-state index in [1.165, 1.54) is 43.9 Å². The van der Waals surface area contributed by atoms with E-state index in [-0.39, 0.29) is 10.6 Å². The molecule has 1 saturated carbocycles. The van der Waals surface area contributed by atoms with Gasteiger partial charge in [0.05, 0.1) is 0 Å². The van der Waals surface area contributed by atoms with Crippen LogP contribution >= 0.6 is 11.8 Å². The van der Waals surface area contributed by atoms with Crippen molar-refractivity contribution in [1.82, 2.24) is 5.32 Å². The van der Waals surface area contributed by atoms with Crippen molar-refractivity contribution in [3.63, 3.8) is 0 Å². The van der Waals surface area contributed by atoms with E-state index < -0.39 is 5.91 Å². The number of carbonyl (C=O) groups excluding carboxylic acids is 1. The summed E-state index contributed by atoms with van der Waals surface area (Å²) in [6, 6.07) is 4.25. The van der Waals surface area contributed by atoms with E-state index in [9.17, 15) is 9.18 Å². The average Bonchev–Trinajstić information content (AvgIpc) is 2.90. The van der Waals surface area contributed by atoms with Gasteiger partial charge >= 0.3 is 0 Å². The van der Waals surface area contributed by atoms with Gasteiger partial charge in [-0.25, -0.2) is 4.39 Å². The van der Waals surface area contributed by atoms with Crippen LogP contribution in [0.4, 0.5) is 4.39 Å². The van der Waals surface area contributed by atoms with Crippen LogP contribution in [-0.2, 0) is 6.54 Å². The molecular weight excluding hydrogens is 275 g/mol. The van der Waals surface area contributed by atoms with E-state index in [1.54, 1.807) is 0 Å². The van der Waals surface area contributed by atoms with Crippen molar-refractivity contribution < 1.29 is 9.18 Å². The Kier molecular flexibility index (Phi) is 5.05. The molecule has 20 heavy (non-hydrogen) atoms. The Hall–Kier alpha value is -1.07. The molecule has 110 valence electrons. The van der Waals surface area contributed by atoms with Gasteiger partial charge in [-0.3, -0.25) is 4.79 Å². The van der Waals surface area contributed by atoms with Crippen LogP contribution in [0.3, 0.4) is 0 Å². The SMILES string of the molecule is CSC1(CNCc2cc(C(N)=O)ccc2F)CCCC1. The molecule has 3 nitrogen and oxygen atoms in total. The molecule has 1 aromatic carbocycles. The number of nitrogens with one attached hydrogen (secondary N) is 1. The zero-order valence-electron chi connectivity index (χ0n) is 11.7. The lowest BCUT2D eigenvalue weighted by atomic mass is 10.1. The number of hydrogen-bond donors (Lipinski definition) is 2. The summed E-state index contributed by atoms with van der Waals surface area (Å²) in [4.78, 5) is 11.1. The van der Waals surface area contributed by atoms with Gasteiger partial charge in [-0.2, -0.15) is 11.8 Å². The molecule has 0 unspecified atom stereocenters. The van der Waals surface area contributed by atoms with Crippen LogP contribution < -0.4 is 11.1 Å². The fourth-order valence-corrected chi connectivity index (χ4v) is 3.70. The third-order valence-corrected chi connectivity index (χ3v) is 5.46. The first-order valence-electron chi connectivity index (χ1n) is 6.90. The Morgan fingerprint density at radius 3 is 2.75 bits per heavy atom. The molecule has 0 atom stereocenters. The monoisotopic (exact) mass is 296 g/mol. The van der Waals surface area contributed by atoms with Crippen LogP contribution in [0.2, 0.25) is 0 Å². The summed E-state index contributed by atoms with van der Waals surface area (Å²) in [5.74, 6) is -0.824. The molecule has 0 saturated heterocycles. The molecule has 3 N–H and O–H groups in total. The number of amides is 1. The van der Waals surface area contributed by atoms with Crippen molar-refractivity contribution in [1.29, 1.82) is 0 Å². The summed E-state index contributed by atoms with van der Waals surface area (Å²) in [5.41, 5.74) is 6.06. The van der Waals surface area contributed by atoms with E-state index >= 15 is 0 Å². The smallest absolute Gasteiger partial charge is 0.248 e. The van der Waals surface area contributed by atoms with E-state index in [4.69, 9.17) is 5.73 Å². The summed E-state index contributed by atoms with van der Waals surface area (Å²) in [5, 5.41) is 3.33. The molecule has 0 aliphatic heterocycles. The minimum absolute atomic E-state index is 0.289. The van der Waals surface area contributed by atoms with Gasteiger partial charge in [-0.05, 0) is 37.3 Å². The molecule has 5 heteroatoms. The van der Waals surface area contributed by atoms with Crippen molar-refractivity contribution in [2.45, 2.75) is 37.0 Å². The lowest BCUT2D eigenvalue weighted by Gasteiger charge is -2.27. The molecule has 0 aromatic heterocycles. The van der Waals surface area contributed by atoms with Gasteiger partial charge in [0.25, 0.3) is 0 Å². The average molecular weight is 296 g/mol. The molecule has 1 aliphatic rings. The largest absolute Gasteiger partial charge is 0.366 e. The van der Waals surface area contributed by atoms with Gasteiger partial charge in [0, 0.05) is 29.0 Å². The molecule has 1 aliphatic carbocycles. The fourth-order valence-electron chi connectivity index (χ4n) is 2.76. The Labute approximate surface area is 123 Å². The number of carbonyl (C=O) groups is 1. The molecule has 1 amide bonds. The molecule has 1 aromatic rings. The van der Waals surface area contributed by atoms with Crippen LogP contribution in [0, 0.1) is 5.82 Å². The third-order valence-electron chi connectivity index (χ3n) is 4.04. The second kappa shape index (κ2) is 6.59. The van der Waals surface area contributed by atoms with Gasteiger partial charge in [0.1, 0.15) is 5.82 Å². The van der Waals surface area contributed by atoms with E-state index in [0.717, 1.165) is 6.54 Å². The van der Waals surface area contributed by atoms with Crippen LogP contribution in [0.25, 0.3) is 0 Å². The topological polar surface area (TPSA) is 55.1 Å². The highest BCUT2D eigenvalue weighted by molar-refractivity contribution is 8.00. The lowest BCUT2D eigenvalue weighted by Crippen LogP contribution is -2.35. The van der Waals surface area contributed by atoms with Gasteiger partial charge in [0.2, 0.25) is 5.91 Å². The molecule has 2 rings (SSSR count). The maximum absolute atomic E-state index is 13.7. The summed E-state index contributed by atoms with van der Waals surface area (Å²) in [6.45, 7) is 1.30. The standard InChI is InChI=1S/C15H21FN2OS/c1-20-15(6-2-3-7-15)10-18-9-12-8-11(14(17)19)4-5-13(12)16/h4-5,8,18H,2-3,6-7,9-10H2,1H3,(H2,17,19). The van der Waals surface area contributed by atoms with E-state index in [2.05, 4.69) is 11.6 Å². The van der Waals surface area contributed by atoms with Gasteiger partial charge in [0.15, 0.2) is 0 Å². The maximum atomic E-state index is 13.7. The predicted molar refractivity (Wildman–Crippen MR) is 81.3 cm³/mol. The quantitative estimate of drug-likeness (QED) is 0.848. The van der Waals surface area contributed by atoms with Crippen molar-refractivity contribution in [3.8, 4) is 0 Å². The number of halogens is 1. The minimum atomic E-state index is -0.525. The first kappa shape index (κ1) is 15.3. The maximum Gasteiger partial charge on any atom is 0.248 e. The minimum Gasteiger partial charge on any atom is -0.366 e. The second-order valence-corrected chi connectivity index (χ2v) is 6.64. The van der Waals surface area contributed by atoms with E-state index in [0.29, 0.717) is 17.7 Å². The Bertz CT molecular complexity index is 487. The van der Waals surface area contributed by atoms with Gasteiger partial charge < -0.3 is 11.1 Å². The Morgan fingerprint density at radius 2 is 2.15 bits per heavy atom. The fraction of sp³-hybridized carbons (Fsp3) is 0.533. The summed E-state index contributed by atoms with van der Waals surface area (Å²) in [6.07, 6.45) is 7.11. The molecule has 1 fully saturated rings. The van der Waals surface area contributed by atoms with Gasteiger partial charge in [-0.15, -0.1) is 0 Å². The van der Waals surface area contributed by atoms with Gasteiger partial charge in [-0.1, -0.05) is 12.8 Å². The molecule has 0 bridgehead atoms. The first-order chi connectivity index (χ1) is 9.56. The van der Waals surface area contributed by atoms with Crippen LogP contribution in [0.1, 0.15) is 41.6 Å². The highest BCUT2D eigenvalue weighted by Crippen LogP contribution is 2.39. The molecular formula is C15H21FN2OS. The number of hydrogen-bond acceptors (Lipinski definition) is 3. The zero-order valence-corrected chi connectivity index (χ0v) is 12.6. The molecule has 0 spiro atoms. The number of benzene rings is 1. The summed E-state index contributed by atoms with van der Waals surface area (Å²) in [7, 11) is 0. The van der Waals surface area contributed by atoms with Crippen molar-refractivity contribution in [2.75, 3.05) is 12.8 Å². The number of nitrogens with two attached hydrogens (primary N) is 1. The number of thioether (sulfide) groups is 1. The van der Waals surface area contributed by atoms with Crippen molar-refractivity contribution in [3.05, 3.63) is 35.1 Å². The van der Waals surface area contributed by atoms with E-state index in [1.807, 2.05) is 11.8 Å². The number of primary amides is 1. The third kappa shape index (κ3) is 3.52. The highest BCUT2D eigenvalue weighted by Gasteiger charge is 2.32. The zero-order chi connectivity index (χ0) is 14.6. The summed E-state index contributed by atoms with van der Waals surface area (Å²) >= 11 is 1.90. The Morgan fingerprint density at radius 1 is 1.45 bits per heavy atom. The van der Waals surface area contributed by atoms with Crippen LogP contribution in [0.5, 0.6) is 0 Å². The highest BCUT2D eigenvalue weighted by atomic mass is 32.2. The molecule has 0 radical (unpaired) electrons. The van der Waals surface area contributed by atoms with Crippen molar-refractivity contribution in [2.24, 2.45) is 5.73 Å². The molecule has 0 heterocycles. The second-order valence-electron chi connectivity index (χ2n) is 5.37. The normalized spacial score (nSPS) is 17.3. The van der Waals surface area contributed by atoms with Crippen LogP contribution in [0.15, 0.2) is 18.2 Å². The predicted octanol–water partition coefficient (Wildman–Crippen LogP) is 2.69. The Balaban J connectivity index is 1.96. The summed E-state index contributed by atoms with van der Waals surface area (Å²) < 4.78 is 14.0. The number of rotatable bonds is 6.